The molecule has 2 aromatic carbocycles. The van der Waals surface area contributed by atoms with Gasteiger partial charge in [-0.3, -0.25) is 10.1 Å². The summed E-state index contributed by atoms with van der Waals surface area (Å²) in [5, 5.41) is 6.18. The van der Waals surface area contributed by atoms with Crippen molar-refractivity contribution < 1.29 is 45.7 Å². The summed E-state index contributed by atoms with van der Waals surface area (Å²) >= 11 is 3.84. The Labute approximate surface area is 200 Å². The molecule has 0 unspecified atom stereocenters. The van der Waals surface area contributed by atoms with Crippen molar-refractivity contribution in [3.63, 3.8) is 0 Å². The van der Waals surface area contributed by atoms with Gasteiger partial charge in [-0.05, 0) is 69.4 Å². The molecule has 166 valence electrons. The fourth-order valence-electron chi connectivity index (χ4n) is 2.02. The highest BCUT2D eigenvalue weighted by molar-refractivity contribution is 14.1. The summed E-state index contributed by atoms with van der Waals surface area (Å²) in [4.78, 5) is 34.5. The molecule has 0 spiro atoms. The van der Waals surface area contributed by atoms with Gasteiger partial charge in [0.1, 0.15) is 11.3 Å². The van der Waals surface area contributed by atoms with Crippen LogP contribution in [-0.2, 0) is 14.9 Å². The number of nitro benzene ring substituents is 1. The minimum atomic E-state index is -6.13. The number of rotatable bonds is 7. The molecule has 0 heterocycles. The number of carbonyl (C=O) groups is 2. The zero-order chi connectivity index (χ0) is 23.6. The highest BCUT2D eigenvalue weighted by atomic mass is 127. The summed E-state index contributed by atoms with van der Waals surface area (Å²) < 4.78 is 68.2. The van der Waals surface area contributed by atoms with Crippen LogP contribution in [0.15, 0.2) is 36.4 Å². The van der Waals surface area contributed by atoms with Crippen molar-refractivity contribution in [2.75, 3.05) is 6.61 Å². The summed E-state index contributed by atoms with van der Waals surface area (Å²) in [6.45, 7) is -2.15. The number of nitro groups is 1. The van der Waals surface area contributed by atoms with E-state index in [2.05, 4.69) is 4.74 Å². The lowest BCUT2D eigenvalue weighted by molar-refractivity contribution is -0.385. The molecular weight excluding hydrogens is 674 g/mol. The Morgan fingerprint density at radius 3 is 2.29 bits per heavy atom. The molecule has 0 aliphatic carbocycles. The van der Waals surface area contributed by atoms with Crippen LogP contribution < -0.4 is 4.74 Å². The van der Waals surface area contributed by atoms with Crippen molar-refractivity contribution >= 4 is 72.9 Å². The third-order valence-electron chi connectivity index (χ3n) is 3.48. The van der Waals surface area contributed by atoms with Crippen LogP contribution in [0, 0.1) is 17.3 Å². The summed E-state index contributed by atoms with van der Waals surface area (Å²) in [7, 11) is -6.13. The molecule has 0 fully saturated rings. The number of carbonyl (C=O) groups excluding carboxylic acids is 2. The van der Waals surface area contributed by atoms with Crippen molar-refractivity contribution in [2.45, 2.75) is 5.25 Å². The summed E-state index contributed by atoms with van der Waals surface area (Å²) in [5.41, 5.74) is -1.62. The molecule has 15 heteroatoms. The Morgan fingerprint density at radius 2 is 1.71 bits per heavy atom. The van der Waals surface area contributed by atoms with Crippen molar-refractivity contribution in [1.82, 2.24) is 0 Å². The monoisotopic (exact) mass is 682 g/mol. The molecule has 0 saturated carbocycles. The van der Waals surface area contributed by atoms with Crippen molar-refractivity contribution in [3.05, 3.63) is 64.8 Å². The van der Waals surface area contributed by atoms with Gasteiger partial charge in [-0.25, -0.2) is 18.0 Å². The van der Waals surface area contributed by atoms with Gasteiger partial charge < -0.3 is 14.0 Å². The molecule has 0 amide bonds. The largest absolute Gasteiger partial charge is 0.743 e. The maximum Gasteiger partial charge on any atom is 0.367 e. The minimum Gasteiger partial charge on any atom is -0.743 e. The Hall–Kier alpha value is -1.99. The van der Waals surface area contributed by atoms with Crippen molar-refractivity contribution in [3.8, 4) is 5.75 Å². The standard InChI is InChI=1S/C16H9F2I2NO9S/c17-16(18,31(26,27)28)7-29-14(22)11-6-9(2-4-13(11)21(24)25)30-15(23)10-5-8(19)1-3-12(10)20/h1-6H,7H2,(H,26,27,28)/p-1. The summed E-state index contributed by atoms with van der Waals surface area (Å²) in [6.07, 6.45) is 0. The molecule has 0 bridgehead atoms. The zero-order valence-corrected chi connectivity index (χ0v) is 19.8. The number of hydrogen-bond acceptors (Lipinski definition) is 9. The number of hydrogen-bond donors (Lipinski definition) is 0. The van der Waals surface area contributed by atoms with Crippen LogP contribution in [0.4, 0.5) is 14.5 Å². The number of esters is 2. The first-order valence-electron chi connectivity index (χ1n) is 7.69. The Kier molecular flexibility index (Phi) is 7.87. The van der Waals surface area contributed by atoms with E-state index < -0.39 is 50.1 Å². The van der Waals surface area contributed by atoms with E-state index in [1.807, 2.05) is 45.2 Å². The predicted octanol–water partition coefficient (Wildman–Crippen LogP) is 3.32. The molecule has 0 aliphatic heterocycles. The molecule has 2 rings (SSSR count). The van der Waals surface area contributed by atoms with Crippen LogP contribution in [0.1, 0.15) is 20.7 Å². The second kappa shape index (κ2) is 9.65. The lowest BCUT2D eigenvalue weighted by Crippen LogP contribution is -2.34. The molecule has 10 nitrogen and oxygen atoms in total. The van der Waals surface area contributed by atoms with Crippen LogP contribution >= 0.6 is 45.2 Å². The van der Waals surface area contributed by atoms with Crippen molar-refractivity contribution in [1.29, 1.82) is 0 Å². The molecule has 0 saturated heterocycles. The third kappa shape index (κ3) is 6.26. The van der Waals surface area contributed by atoms with E-state index in [9.17, 15) is 41.5 Å². The topological polar surface area (TPSA) is 153 Å². The second-order valence-electron chi connectivity index (χ2n) is 5.62. The molecule has 0 aliphatic rings. The average Bonchev–Trinajstić information content (AvgIpc) is 2.66. The number of benzene rings is 2. The van der Waals surface area contributed by atoms with Gasteiger partial charge in [-0.1, -0.05) is 0 Å². The third-order valence-corrected chi connectivity index (χ3v) is 5.94. The minimum absolute atomic E-state index is 0.162. The van der Waals surface area contributed by atoms with Gasteiger partial charge in [0.2, 0.25) is 0 Å². The first-order chi connectivity index (χ1) is 14.2. The van der Waals surface area contributed by atoms with Crippen LogP contribution in [-0.4, -0.2) is 41.7 Å². The lowest BCUT2D eigenvalue weighted by Gasteiger charge is -2.19. The zero-order valence-electron chi connectivity index (χ0n) is 14.7. The lowest BCUT2D eigenvalue weighted by atomic mass is 10.1. The van der Waals surface area contributed by atoms with Crippen molar-refractivity contribution in [2.24, 2.45) is 0 Å². The van der Waals surface area contributed by atoms with Crippen LogP contribution in [0.25, 0.3) is 0 Å². The molecule has 2 aromatic rings. The normalized spacial score (nSPS) is 11.6. The fraction of sp³-hybridized carbons (Fsp3) is 0.125. The van der Waals surface area contributed by atoms with Gasteiger partial charge in [0.05, 0.1) is 10.5 Å². The van der Waals surface area contributed by atoms with Gasteiger partial charge in [0.15, 0.2) is 16.7 Å². The Morgan fingerprint density at radius 1 is 1.06 bits per heavy atom. The smallest absolute Gasteiger partial charge is 0.367 e. The maximum absolute atomic E-state index is 13.2. The predicted molar refractivity (Wildman–Crippen MR) is 115 cm³/mol. The van der Waals surface area contributed by atoms with Gasteiger partial charge in [0.25, 0.3) is 5.69 Å². The molecule has 0 radical (unpaired) electrons. The van der Waals surface area contributed by atoms with E-state index in [1.54, 1.807) is 12.1 Å². The van der Waals surface area contributed by atoms with Gasteiger partial charge in [0, 0.05) is 19.3 Å². The van der Waals surface area contributed by atoms with E-state index in [-0.39, 0.29) is 11.3 Å². The first-order valence-corrected chi connectivity index (χ1v) is 11.3. The van der Waals surface area contributed by atoms with Crippen LogP contribution in [0.5, 0.6) is 5.75 Å². The molecule has 0 atom stereocenters. The second-order valence-corrected chi connectivity index (χ2v) is 9.53. The molecule has 0 aromatic heterocycles. The summed E-state index contributed by atoms with van der Waals surface area (Å²) in [5.74, 6) is -2.93. The molecule has 31 heavy (non-hydrogen) atoms. The van der Waals surface area contributed by atoms with E-state index in [1.165, 1.54) is 6.07 Å². The Bertz CT molecular complexity index is 1170. The van der Waals surface area contributed by atoms with E-state index >= 15 is 0 Å². The van der Waals surface area contributed by atoms with Crippen LogP contribution in [0.2, 0.25) is 0 Å². The number of alkyl halides is 2. The number of ether oxygens (including phenoxy) is 2. The highest BCUT2D eigenvalue weighted by Gasteiger charge is 2.40. The fourth-order valence-corrected chi connectivity index (χ4v) is 3.27. The van der Waals surface area contributed by atoms with Gasteiger partial charge in [-0.2, -0.15) is 8.78 Å². The Balaban J connectivity index is 2.32. The molecular formula is C16H8F2I2NO9S-. The summed E-state index contributed by atoms with van der Waals surface area (Å²) in [6, 6.07) is 7.34. The van der Waals surface area contributed by atoms with E-state index in [0.29, 0.717) is 13.2 Å². The maximum atomic E-state index is 13.2. The van der Waals surface area contributed by atoms with Crippen LogP contribution in [0.3, 0.4) is 0 Å². The van der Waals surface area contributed by atoms with Gasteiger partial charge >= 0.3 is 17.2 Å². The number of halogens is 4. The van der Waals surface area contributed by atoms with Gasteiger partial charge in [-0.15, -0.1) is 0 Å². The average molecular weight is 682 g/mol. The van der Waals surface area contributed by atoms with E-state index in [4.69, 9.17) is 4.74 Å². The quantitative estimate of drug-likeness (QED) is 0.107. The van der Waals surface area contributed by atoms with E-state index in [0.717, 1.165) is 12.1 Å². The first kappa shape index (κ1) is 25.3. The number of nitrogens with zero attached hydrogens (tertiary/aromatic N) is 1. The SMILES string of the molecule is O=C(Oc1ccc([N+](=O)[O-])c(C(=O)OCC(F)(F)S(=O)(=O)[O-])c1)c1cc(I)ccc1I. The highest BCUT2D eigenvalue weighted by Crippen LogP contribution is 2.28. The molecule has 0 N–H and O–H groups in total.